The second kappa shape index (κ2) is 4.96. The predicted octanol–water partition coefficient (Wildman–Crippen LogP) is 3.75. The maximum Gasteiger partial charge on any atom is 0.292 e. The number of hydrogen-bond donors (Lipinski definition) is 1. The van der Waals surface area contributed by atoms with Gasteiger partial charge in [-0.2, -0.15) is 0 Å². The first kappa shape index (κ1) is 12.9. The molecule has 2 rings (SSSR count). The highest BCUT2D eigenvalue weighted by Crippen LogP contribution is 2.37. The number of nitrogens with one attached hydrogen (secondary N) is 1. The van der Waals surface area contributed by atoms with E-state index in [-0.39, 0.29) is 10.6 Å². The summed E-state index contributed by atoms with van der Waals surface area (Å²) in [7, 11) is 0. The van der Waals surface area contributed by atoms with E-state index in [0.29, 0.717) is 17.6 Å². The van der Waals surface area contributed by atoms with Crippen LogP contribution in [0.3, 0.4) is 0 Å². The quantitative estimate of drug-likeness (QED) is 0.652. The summed E-state index contributed by atoms with van der Waals surface area (Å²) in [6, 6.07) is 5.74. The number of hydrogen-bond acceptors (Lipinski definition) is 3. The number of benzene rings is 1. The van der Waals surface area contributed by atoms with Crippen LogP contribution in [-0.2, 0) is 0 Å². The summed E-state index contributed by atoms with van der Waals surface area (Å²) in [6.45, 7) is 6.33. The monoisotopic (exact) mass is 248 g/mol. The van der Waals surface area contributed by atoms with Crippen LogP contribution in [0, 0.1) is 28.9 Å². The first-order valence-corrected chi connectivity index (χ1v) is 6.49. The summed E-state index contributed by atoms with van der Waals surface area (Å²) in [5.74, 6) is 1.46. The van der Waals surface area contributed by atoms with E-state index < -0.39 is 0 Å². The number of nitro benzene ring substituents is 1. The summed E-state index contributed by atoms with van der Waals surface area (Å²) in [5.41, 5.74) is 1.75. The van der Waals surface area contributed by atoms with Crippen LogP contribution >= 0.6 is 0 Å². The van der Waals surface area contributed by atoms with E-state index in [9.17, 15) is 10.1 Å². The second-order valence-electron chi connectivity index (χ2n) is 5.59. The van der Waals surface area contributed by atoms with Crippen LogP contribution in [0.5, 0.6) is 0 Å². The molecule has 1 fully saturated rings. The molecule has 4 nitrogen and oxygen atoms in total. The van der Waals surface area contributed by atoms with Crippen molar-refractivity contribution in [1.29, 1.82) is 0 Å². The smallest absolute Gasteiger partial charge is 0.292 e. The molecule has 0 heterocycles. The topological polar surface area (TPSA) is 55.2 Å². The lowest BCUT2D eigenvalue weighted by Gasteiger charge is -2.38. The van der Waals surface area contributed by atoms with Crippen LogP contribution < -0.4 is 5.32 Å². The van der Waals surface area contributed by atoms with Crippen molar-refractivity contribution in [2.24, 2.45) is 11.8 Å². The summed E-state index contributed by atoms with van der Waals surface area (Å²) in [6.07, 6.45) is 2.23. The van der Waals surface area contributed by atoms with Crippen molar-refractivity contribution < 1.29 is 4.92 Å². The van der Waals surface area contributed by atoms with Crippen molar-refractivity contribution in [3.8, 4) is 0 Å². The van der Waals surface area contributed by atoms with E-state index in [1.807, 2.05) is 19.1 Å². The molecule has 1 aliphatic rings. The SMILES string of the molecule is Cc1ccc(NC2CC(C(C)C)C2)c([N+](=O)[O-])c1. The summed E-state index contributed by atoms with van der Waals surface area (Å²) in [5, 5.41) is 14.3. The van der Waals surface area contributed by atoms with Gasteiger partial charge in [0.2, 0.25) is 0 Å². The summed E-state index contributed by atoms with van der Waals surface area (Å²) >= 11 is 0. The fourth-order valence-corrected chi connectivity index (χ4v) is 2.46. The third-order valence-electron chi connectivity index (χ3n) is 3.83. The predicted molar refractivity (Wildman–Crippen MR) is 72.8 cm³/mol. The minimum Gasteiger partial charge on any atom is -0.377 e. The number of rotatable bonds is 4. The maximum atomic E-state index is 11.0. The third kappa shape index (κ3) is 2.63. The number of anilines is 1. The highest BCUT2D eigenvalue weighted by Gasteiger charge is 2.32. The van der Waals surface area contributed by atoms with E-state index >= 15 is 0 Å². The minimum absolute atomic E-state index is 0.183. The van der Waals surface area contributed by atoms with Crippen LogP contribution in [0.4, 0.5) is 11.4 Å². The second-order valence-corrected chi connectivity index (χ2v) is 5.59. The van der Waals surface area contributed by atoms with E-state index in [4.69, 9.17) is 0 Å². The van der Waals surface area contributed by atoms with Crippen LogP contribution in [0.15, 0.2) is 18.2 Å². The van der Waals surface area contributed by atoms with Crippen LogP contribution in [0.2, 0.25) is 0 Å². The third-order valence-corrected chi connectivity index (χ3v) is 3.83. The van der Waals surface area contributed by atoms with Gasteiger partial charge in [-0.1, -0.05) is 19.9 Å². The van der Waals surface area contributed by atoms with Crippen LogP contribution in [0.25, 0.3) is 0 Å². The average molecular weight is 248 g/mol. The molecule has 0 aromatic heterocycles. The molecule has 4 heteroatoms. The first-order valence-electron chi connectivity index (χ1n) is 6.49. The Hall–Kier alpha value is -1.58. The standard InChI is InChI=1S/C14H20N2O2/c1-9(2)11-7-12(8-11)15-13-5-4-10(3)6-14(13)16(17)18/h4-6,9,11-12,15H,7-8H2,1-3H3. The van der Waals surface area contributed by atoms with Crippen molar-refractivity contribution in [1.82, 2.24) is 0 Å². The van der Waals surface area contributed by atoms with Gasteiger partial charge in [-0.3, -0.25) is 10.1 Å². The van der Waals surface area contributed by atoms with Crippen LogP contribution in [-0.4, -0.2) is 11.0 Å². The molecule has 0 unspecified atom stereocenters. The number of nitrogens with zero attached hydrogens (tertiary/aromatic N) is 1. The highest BCUT2D eigenvalue weighted by molar-refractivity contribution is 5.63. The molecule has 0 radical (unpaired) electrons. The van der Waals surface area contributed by atoms with E-state index in [2.05, 4.69) is 19.2 Å². The largest absolute Gasteiger partial charge is 0.377 e. The van der Waals surface area contributed by atoms with Crippen molar-refractivity contribution in [2.75, 3.05) is 5.32 Å². The van der Waals surface area contributed by atoms with Crippen molar-refractivity contribution >= 4 is 11.4 Å². The van der Waals surface area contributed by atoms with Crippen molar-refractivity contribution in [3.63, 3.8) is 0 Å². The summed E-state index contributed by atoms with van der Waals surface area (Å²) in [4.78, 5) is 10.7. The van der Waals surface area contributed by atoms with Gasteiger partial charge in [0.25, 0.3) is 5.69 Å². The van der Waals surface area contributed by atoms with Gasteiger partial charge in [0.15, 0.2) is 0 Å². The Morgan fingerprint density at radius 2 is 2.06 bits per heavy atom. The zero-order valence-electron chi connectivity index (χ0n) is 11.1. The number of nitro groups is 1. The molecule has 1 aromatic rings. The lowest BCUT2D eigenvalue weighted by molar-refractivity contribution is -0.384. The Balaban J connectivity index is 2.04. The fourth-order valence-electron chi connectivity index (χ4n) is 2.46. The zero-order chi connectivity index (χ0) is 13.3. The molecule has 0 saturated heterocycles. The molecule has 1 N–H and O–H groups in total. The molecule has 1 saturated carbocycles. The maximum absolute atomic E-state index is 11.0. The molecule has 18 heavy (non-hydrogen) atoms. The van der Waals surface area contributed by atoms with Gasteiger partial charge in [-0.05, 0) is 43.2 Å². The van der Waals surface area contributed by atoms with Crippen molar-refractivity contribution in [3.05, 3.63) is 33.9 Å². The Kier molecular flexibility index (Phi) is 3.55. The minimum atomic E-state index is -0.312. The van der Waals surface area contributed by atoms with Gasteiger partial charge < -0.3 is 5.32 Å². The van der Waals surface area contributed by atoms with E-state index in [1.165, 1.54) is 0 Å². The average Bonchev–Trinajstić information content (AvgIpc) is 2.23. The lowest BCUT2D eigenvalue weighted by atomic mass is 9.73. The van der Waals surface area contributed by atoms with Gasteiger partial charge in [-0.15, -0.1) is 0 Å². The van der Waals surface area contributed by atoms with Crippen molar-refractivity contribution in [2.45, 2.75) is 39.7 Å². The molecule has 0 atom stereocenters. The normalized spacial score (nSPS) is 22.7. The number of aryl methyl sites for hydroxylation is 1. The molecule has 1 aromatic carbocycles. The Morgan fingerprint density at radius 3 is 2.61 bits per heavy atom. The molecule has 0 aliphatic heterocycles. The van der Waals surface area contributed by atoms with Gasteiger partial charge in [-0.25, -0.2) is 0 Å². The van der Waals surface area contributed by atoms with E-state index in [0.717, 1.165) is 24.3 Å². The van der Waals surface area contributed by atoms with E-state index in [1.54, 1.807) is 6.07 Å². The molecular weight excluding hydrogens is 228 g/mol. The molecular formula is C14H20N2O2. The van der Waals surface area contributed by atoms with Gasteiger partial charge in [0, 0.05) is 12.1 Å². The lowest BCUT2D eigenvalue weighted by Crippen LogP contribution is -2.38. The van der Waals surface area contributed by atoms with Crippen LogP contribution in [0.1, 0.15) is 32.3 Å². The Morgan fingerprint density at radius 1 is 1.39 bits per heavy atom. The zero-order valence-corrected chi connectivity index (χ0v) is 11.1. The van der Waals surface area contributed by atoms with Gasteiger partial charge in [0.05, 0.1) is 4.92 Å². The fraction of sp³-hybridized carbons (Fsp3) is 0.571. The highest BCUT2D eigenvalue weighted by atomic mass is 16.6. The Labute approximate surface area is 108 Å². The molecule has 0 amide bonds. The molecule has 0 bridgehead atoms. The summed E-state index contributed by atoms with van der Waals surface area (Å²) < 4.78 is 0. The first-order chi connectivity index (χ1) is 8.47. The molecule has 98 valence electrons. The molecule has 0 spiro atoms. The Bertz CT molecular complexity index is 451. The van der Waals surface area contributed by atoms with Gasteiger partial charge in [0.1, 0.15) is 5.69 Å². The molecule has 1 aliphatic carbocycles. The van der Waals surface area contributed by atoms with Gasteiger partial charge >= 0.3 is 0 Å².